The fourth-order valence-electron chi connectivity index (χ4n) is 2.76. The van der Waals surface area contributed by atoms with Gasteiger partial charge in [-0.15, -0.1) is 0 Å². The minimum atomic E-state index is -0.480. The minimum Gasteiger partial charge on any atom is -0.352 e. The van der Waals surface area contributed by atoms with Gasteiger partial charge in [-0.2, -0.15) is 0 Å². The number of amides is 2. The molecule has 22 heavy (non-hydrogen) atoms. The summed E-state index contributed by atoms with van der Waals surface area (Å²) in [6.45, 7) is 8.21. The van der Waals surface area contributed by atoms with Gasteiger partial charge in [-0.3, -0.25) is 9.59 Å². The van der Waals surface area contributed by atoms with Crippen LogP contribution in [-0.4, -0.2) is 41.4 Å². The molecule has 0 aliphatic carbocycles. The van der Waals surface area contributed by atoms with Gasteiger partial charge in [0, 0.05) is 24.2 Å². The molecule has 2 amide bonds. The first-order valence-electron chi connectivity index (χ1n) is 7.73. The Bertz CT molecular complexity index is 583. The number of carbonyl (C=O) groups excluding carboxylic acids is 2. The van der Waals surface area contributed by atoms with Crippen LogP contribution in [0, 0.1) is 13.8 Å². The molecule has 1 fully saturated rings. The van der Waals surface area contributed by atoms with Crippen LogP contribution in [-0.2, 0) is 4.79 Å². The van der Waals surface area contributed by atoms with Crippen LogP contribution in [0.3, 0.4) is 0 Å². The van der Waals surface area contributed by atoms with E-state index in [2.05, 4.69) is 5.32 Å². The van der Waals surface area contributed by atoms with Crippen LogP contribution in [0.15, 0.2) is 18.2 Å². The Morgan fingerprint density at radius 2 is 1.95 bits per heavy atom. The van der Waals surface area contributed by atoms with Gasteiger partial charge in [-0.05, 0) is 57.4 Å². The number of nitrogens with two attached hydrogens (primary N) is 1. The Morgan fingerprint density at radius 3 is 2.55 bits per heavy atom. The number of hydrogen-bond donors (Lipinski definition) is 2. The number of nitrogens with one attached hydrogen (secondary N) is 1. The van der Waals surface area contributed by atoms with Crippen LogP contribution in [0.1, 0.15) is 41.8 Å². The monoisotopic (exact) mass is 303 g/mol. The van der Waals surface area contributed by atoms with Gasteiger partial charge in [-0.1, -0.05) is 6.07 Å². The number of likely N-dealkylation sites (tertiary alicyclic amines) is 1. The summed E-state index contributed by atoms with van der Waals surface area (Å²) in [6, 6.07) is 5.03. The molecule has 2 atom stereocenters. The maximum Gasteiger partial charge on any atom is 0.254 e. The maximum atomic E-state index is 12.7. The zero-order chi connectivity index (χ0) is 16.4. The third-order valence-electron chi connectivity index (χ3n) is 4.08. The van der Waals surface area contributed by atoms with Gasteiger partial charge >= 0.3 is 0 Å². The van der Waals surface area contributed by atoms with Crippen LogP contribution >= 0.6 is 0 Å². The minimum absolute atomic E-state index is 0.0443. The molecule has 1 heterocycles. The quantitative estimate of drug-likeness (QED) is 0.885. The highest BCUT2D eigenvalue weighted by Gasteiger charge is 2.38. The molecule has 2 rings (SSSR count). The summed E-state index contributed by atoms with van der Waals surface area (Å²) >= 11 is 0. The molecule has 1 aliphatic heterocycles. The molecule has 1 aliphatic rings. The summed E-state index contributed by atoms with van der Waals surface area (Å²) in [4.78, 5) is 26.7. The molecule has 1 aromatic rings. The van der Waals surface area contributed by atoms with Crippen molar-refractivity contribution in [3.63, 3.8) is 0 Å². The largest absolute Gasteiger partial charge is 0.352 e. The van der Waals surface area contributed by atoms with Crippen molar-refractivity contribution in [2.24, 2.45) is 5.73 Å². The summed E-state index contributed by atoms with van der Waals surface area (Å²) in [6.07, 6.45) is 0.509. The van der Waals surface area contributed by atoms with E-state index in [0.717, 1.165) is 11.1 Å². The van der Waals surface area contributed by atoms with Gasteiger partial charge in [0.1, 0.15) is 6.04 Å². The number of carbonyl (C=O) groups is 2. The standard InChI is InChI=1S/C17H25N3O2/c1-10(2)19-16(21)15-8-14(18)9-20(15)17(22)13-6-5-11(3)12(4)7-13/h5-7,10,14-15H,8-9,18H2,1-4H3,(H,19,21). The zero-order valence-electron chi connectivity index (χ0n) is 13.7. The molecule has 5 heteroatoms. The highest BCUT2D eigenvalue weighted by atomic mass is 16.2. The normalized spacial score (nSPS) is 21.3. The van der Waals surface area contributed by atoms with Crippen molar-refractivity contribution in [1.29, 1.82) is 0 Å². The second kappa shape index (κ2) is 6.48. The molecule has 120 valence electrons. The van der Waals surface area contributed by atoms with Crippen LogP contribution in [0.5, 0.6) is 0 Å². The summed E-state index contributed by atoms with van der Waals surface area (Å²) in [5, 5.41) is 2.87. The molecule has 0 radical (unpaired) electrons. The van der Waals surface area contributed by atoms with Gasteiger partial charge in [0.15, 0.2) is 0 Å². The van der Waals surface area contributed by atoms with Crippen molar-refractivity contribution in [3.8, 4) is 0 Å². The lowest BCUT2D eigenvalue weighted by atomic mass is 10.1. The smallest absolute Gasteiger partial charge is 0.254 e. The highest BCUT2D eigenvalue weighted by molar-refractivity contribution is 5.98. The maximum absolute atomic E-state index is 12.7. The Hall–Kier alpha value is -1.88. The second-order valence-corrected chi connectivity index (χ2v) is 6.43. The van der Waals surface area contributed by atoms with E-state index in [0.29, 0.717) is 18.5 Å². The van der Waals surface area contributed by atoms with E-state index in [-0.39, 0.29) is 23.9 Å². The van der Waals surface area contributed by atoms with Crippen LogP contribution in [0.4, 0.5) is 0 Å². The molecule has 1 saturated heterocycles. The van der Waals surface area contributed by atoms with E-state index in [4.69, 9.17) is 5.73 Å². The Labute approximate surface area is 131 Å². The van der Waals surface area contributed by atoms with E-state index < -0.39 is 6.04 Å². The molecule has 0 spiro atoms. The van der Waals surface area contributed by atoms with E-state index in [1.807, 2.05) is 45.9 Å². The first kappa shape index (κ1) is 16.5. The first-order chi connectivity index (χ1) is 10.3. The predicted octanol–water partition coefficient (Wildman–Crippen LogP) is 1.37. The number of benzene rings is 1. The molecular formula is C17H25N3O2. The van der Waals surface area contributed by atoms with Crippen molar-refractivity contribution in [3.05, 3.63) is 34.9 Å². The number of nitrogens with zero attached hydrogens (tertiary/aromatic N) is 1. The summed E-state index contributed by atoms with van der Waals surface area (Å²) in [5.74, 6) is -0.250. The lowest BCUT2D eigenvalue weighted by molar-refractivity contribution is -0.125. The molecule has 0 saturated carbocycles. The summed E-state index contributed by atoms with van der Waals surface area (Å²) in [7, 11) is 0. The first-order valence-corrected chi connectivity index (χ1v) is 7.73. The number of hydrogen-bond acceptors (Lipinski definition) is 3. The van der Waals surface area contributed by atoms with Crippen molar-refractivity contribution < 1.29 is 9.59 Å². The van der Waals surface area contributed by atoms with E-state index in [9.17, 15) is 9.59 Å². The van der Waals surface area contributed by atoms with E-state index >= 15 is 0 Å². The topological polar surface area (TPSA) is 75.4 Å². The average molecular weight is 303 g/mol. The zero-order valence-corrected chi connectivity index (χ0v) is 13.7. The fourth-order valence-corrected chi connectivity index (χ4v) is 2.76. The van der Waals surface area contributed by atoms with Crippen molar-refractivity contribution in [1.82, 2.24) is 10.2 Å². The van der Waals surface area contributed by atoms with Crippen molar-refractivity contribution in [2.45, 2.75) is 52.2 Å². The van der Waals surface area contributed by atoms with Crippen LogP contribution in [0.25, 0.3) is 0 Å². The summed E-state index contributed by atoms with van der Waals surface area (Å²) < 4.78 is 0. The molecule has 5 nitrogen and oxygen atoms in total. The van der Waals surface area contributed by atoms with Crippen LogP contribution < -0.4 is 11.1 Å². The Morgan fingerprint density at radius 1 is 1.27 bits per heavy atom. The molecule has 0 bridgehead atoms. The van der Waals surface area contributed by atoms with Gasteiger partial charge in [0.2, 0.25) is 5.91 Å². The predicted molar refractivity (Wildman–Crippen MR) is 86.6 cm³/mol. The number of rotatable bonds is 3. The summed E-state index contributed by atoms with van der Waals surface area (Å²) in [5.41, 5.74) is 8.80. The van der Waals surface area contributed by atoms with Crippen molar-refractivity contribution >= 4 is 11.8 Å². The van der Waals surface area contributed by atoms with Gasteiger partial charge in [0.05, 0.1) is 0 Å². The third-order valence-corrected chi connectivity index (χ3v) is 4.08. The Kier molecular flexibility index (Phi) is 4.86. The highest BCUT2D eigenvalue weighted by Crippen LogP contribution is 2.21. The molecule has 2 unspecified atom stereocenters. The molecule has 0 aromatic heterocycles. The fraction of sp³-hybridized carbons (Fsp3) is 0.529. The van der Waals surface area contributed by atoms with Crippen molar-refractivity contribution in [2.75, 3.05) is 6.54 Å². The molecule has 1 aromatic carbocycles. The van der Waals surface area contributed by atoms with Gasteiger partial charge in [-0.25, -0.2) is 0 Å². The second-order valence-electron chi connectivity index (χ2n) is 6.43. The average Bonchev–Trinajstić information content (AvgIpc) is 2.82. The lowest BCUT2D eigenvalue weighted by Crippen LogP contribution is -2.47. The Balaban J connectivity index is 2.22. The van der Waals surface area contributed by atoms with E-state index in [1.54, 1.807) is 4.90 Å². The van der Waals surface area contributed by atoms with Crippen LogP contribution in [0.2, 0.25) is 0 Å². The van der Waals surface area contributed by atoms with E-state index in [1.165, 1.54) is 0 Å². The molecular weight excluding hydrogens is 278 g/mol. The molecule has 3 N–H and O–H groups in total. The lowest BCUT2D eigenvalue weighted by Gasteiger charge is -2.25. The van der Waals surface area contributed by atoms with Gasteiger partial charge in [0.25, 0.3) is 5.91 Å². The SMILES string of the molecule is Cc1ccc(C(=O)N2CC(N)CC2C(=O)NC(C)C)cc1C. The van der Waals surface area contributed by atoms with Gasteiger partial charge < -0.3 is 16.0 Å². The number of aryl methyl sites for hydroxylation is 2. The third kappa shape index (κ3) is 3.47.